The van der Waals surface area contributed by atoms with Crippen LogP contribution in [0.3, 0.4) is 0 Å². The molecule has 0 aromatic heterocycles. The Morgan fingerprint density at radius 3 is 2.17 bits per heavy atom. The summed E-state index contributed by atoms with van der Waals surface area (Å²) < 4.78 is 61.8. The zero-order chi connectivity index (χ0) is 51.2. The minimum atomic E-state index is -1.32. The number of ether oxygens (including phenoxy) is 10. The van der Waals surface area contributed by atoms with Crippen molar-refractivity contribution in [3.63, 3.8) is 0 Å². The first kappa shape index (κ1) is 58.3. The van der Waals surface area contributed by atoms with E-state index in [0.29, 0.717) is 32.5 Å². The second-order valence-electron chi connectivity index (χ2n) is 19.7. The normalized spacial score (nSPS) is 35.7. The lowest BCUT2D eigenvalue weighted by Crippen LogP contribution is -2.67. The van der Waals surface area contributed by atoms with Crippen LogP contribution in [0.25, 0.3) is 0 Å². The van der Waals surface area contributed by atoms with Gasteiger partial charge in [0.15, 0.2) is 24.3 Å². The van der Waals surface area contributed by atoms with Crippen LogP contribution < -0.4 is 0 Å². The number of aliphatic hydroxyl groups is 2. The largest absolute Gasteiger partial charge is 0.463 e. The minimum Gasteiger partial charge on any atom is -0.463 e. The maximum absolute atomic E-state index is 14.0. The number of esters is 4. The third-order valence-electron chi connectivity index (χ3n) is 14.1. The van der Waals surface area contributed by atoms with Crippen LogP contribution in [0.5, 0.6) is 0 Å². The summed E-state index contributed by atoms with van der Waals surface area (Å²) in [6.45, 7) is 15.2. The van der Waals surface area contributed by atoms with Gasteiger partial charge in [-0.25, -0.2) is 0 Å². The molecule has 0 amide bonds. The Hall–Kier alpha value is -3.30. The van der Waals surface area contributed by atoms with Gasteiger partial charge in [0.05, 0.1) is 43.0 Å². The van der Waals surface area contributed by atoms with Crippen molar-refractivity contribution in [2.75, 3.05) is 55.1 Å². The van der Waals surface area contributed by atoms with Crippen LogP contribution in [-0.2, 0) is 73.0 Å². The number of β-amino-alcohol motifs (C(OH)–C–C–N with tert-alkyl or cyclic N) is 1. The zero-order valence-electron chi connectivity index (χ0n) is 43.4. The third kappa shape index (κ3) is 16.4. The van der Waals surface area contributed by atoms with Gasteiger partial charge < -0.3 is 67.4 Å². The highest BCUT2D eigenvalue weighted by Crippen LogP contribution is 2.43. The first-order chi connectivity index (χ1) is 32.7. The summed E-state index contributed by atoms with van der Waals surface area (Å²) in [5, 5.41) is 25.0. The average Bonchev–Trinajstić information content (AvgIpc) is 3.29. The molecule has 3 heterocycles. The van der Waals surface area contributed by atoms with E-state index in [-0.39, 0.29) is 38.0 Å². The lowest BCUT2D eigenvalue weighted by atomic mass is 9.70. The van der Waals surface area contributed by atoms with Crippen LogP contribution in [0.1, 0.15) is 106 Å². The van der Waals surface area contributed by atoms with E-state index in [4.69, 9.17) is 47.4 Å². The molecule has 3 aliphatic heterocycles. The number of carbonyl (C=O) groups excluding carboxylic acids is 4. The van der Waals surface area contributed by atoms with E-state index in [0.717, 1.165) is 12.0 Å². The predicted molar refractivity (Wildman–Crippen MR) is 254 cm³/mol. The van der Waals surface area contributed by atoms with Crippen molar-refractivity contribution in [2.45, 2.75) is 192 Å². The number of hydrogen-bond donors (Lipinski definition) is 2. The van der Waals surface area contributed by atoms with Crippen molar-refractivity contribution in [2.24, 2.45) is 17.8 Å². The fourth-order valence-corrected chi connectivity index (χ4v) is 10.5. The van der Waals surface area contributed by atoms with Gasteiger partial charge in [-0.1, -0.05) is 51.1 Å². The van der Waals surface area contributed by atoms with Crippen LogP contribution >= 0.6 is 0 Å². The fourth-order valence-electron chi connectivity index (χ4n) is 10.5. The monoisotopic (exact) mass is 981 g/mol. The SMILES string of the molecule is CCC(=O)O[C@@H]1CC(=O)O[C@H](C)CCN(CCc2ccccc2)C[C@H](O)[C@H](C)C[C@H](CC(OC)OC)[C@H]([C@@H]2O[C@H](C)[C@@H](O[C@@H]3C[C@@](C)(OC(C)=O)[C@@H](OC(=O)CC)[C@H](C)O3)[C@H](N(C)C)[C@H]2O)[C@@H]1OC. The van der Waals surface area contributed by atoms with Crippen molar-refractivity contribution < 1.29 is 76.8 Å². The molecular weight excluding hydrogens is 897 g/mol. The number of nitrogens with zero attached hydrogens (tertiary/aromatic N) is 2. The second-order valence-corrected chi connectivity index (χ2v) is 19.7. The molecule has 0 spiro atoms. The van der Waals surface area contributed by atoms with Gasteiger partial charge in [0, 0.05) is 79.5 Å². The highest BCUT2D eigenvalue weighted by molar-refractivity contribution is 5.73. The van der Waals surface area contributed by atoms with Gasteiger partial charge in [-0.05, 0) is 78.5 Å². The van der Waals surface area contributed by atoms with Crippen molar-refractivity contribution in [1.82, 2.24) is 9.80 Å². The number of rotatable bonds is 17. The van der Waals surface area contributed by atoms with Crippen LogP contribution in [-0.4, -0.2) is 184 Å². The summed E-state index contributed by atoms with van der Waals surface area (Å²) in [5.41, 5.74) is -0.158. The standard InChI is InChI=1S/C51H84N2O16/c1-14-39(56)66-38-27-41(58)63-31(4)21-23-53(24-22-35-19-17-16-18-20-35)29-37(55)30(3)25-36(26-42(60-11)61-12)44(48(38)62-13)49-46(59)45(52(9)10)47(32(5)65-49)68-43-28-51(8,69-34(7)54)50(33(6)64-43)67-40(57)15-2/h16-20,30-33,36-38,42-50,55,59H,14-15,21-29H2,1-13H3/t30-,31-,32-,33+,36-,37+,38-,43-,44+,45-,46-,47-,48-,49+,50+,51-/m1/s1. The van der Waals surface area contributed by atoms with Gasteiger partial charge in [-0.2, -0.15) is 0 Å². The molecule has 4 rings (SSSR count). The molecule has 0 unspecified atom stereocenters. The Morgan fingerprint density at radius 1 is 0.928 bits per heavy atom. The molecule has 69 heavy (non-hydrogen) atoms. The lowest BCUT2D eigenvalue weighted by molar-refractivity contribution is -0.320. The molecular formula is C51H84N2O16. The van der Waals surface area contributed by atoms with Crippen LogP contribution in [0.2, 0.25) is 0 Å². The Bertz CT molecular complexity index is 1740. The molecule has 3 fully saturated rings. The van der Waals surface area contributed by atoms with Gasteiger partial charge in [0.1, 0.15) is 24.4 Å². The van der Waals surface area contributed by atoms with Crippen LogP contribution in [0, 0.1) is 17.8 Å². The van der Waals surface area contributed by atoms with Crippen molar-refractivity contribution in [1.29, 1.82) is 0 Å². The van der Waals surface area contributed by atoms with Gasteiger partial charge >= 0.3 is 23.9 Å². The quantitative estimate of drug-likeness (QED) is 0.126. The Labute approximate surface area is 410 Å². The van der Waals surface area contributed by atoms with Crippen molar-refractivity contribution >= 4 is 23.9 Å². The molecule has 0 aliphatic carbocycles. The molecule has 2 N–H and O–H groups in total. The highest BCUT2D eigenvalue weighted by Gasteiger charge is 2.56. The number of carbonyl (C=O) groups is 4. The number of benzene rings is 1. The molecule has 0 saturated carbocycles. The Kier molecular flexibility index (Phi) is 23.2. The second kappa shape index (κ2) is 27.5. The van der Waals surface area contributed by atoms with E-state index in [1.807, 2.05) is 58.0 Å². The van der Waals surface area contributed by atoms with Crippen molar-refractivity contribution in [3.8, 4) is 0 Å². The molecule has 394 valence electrons. The molecule has 0 bridgehead atoms. The Balaban J connectivity index is 1.81. The van der Waals surface area contributed by atoms with E-state index in [1.165, 1.54) is 28.3 Å². The summed E-state index contributed by atoms with van der Waals surface area (Å²) >= 11 is 0. The number of likely N-dealkylation sites (N-methyl/N-ethyl adjacent to an activating group) is 1. The average molecular weight is 981 g/mol. The van der Waals surface area contributed by atoms with Gasteiger partial charge in [-0.3, -0.25) is 19.2 Å². The molecule has 0 radical (unpaired) electrons. The van der Waals surface area contributed by atoms with Gasteiger partial charge in [0.25, 0.3) is 0 Å². The molecule has 3 aliphatic rings. The summed E-state index contributed by atoms with van der Waals surface area (Å²) in [6, 6.07) is 9.36. The molecule has 1 aromatic rings. The smallest absolute Gasteiger partial charge is 0.309 e. The third-order valence-corrected chi connectivity index (χ3v) is 14.1. The maximum atomic E-state index is 14.0. The summed E-state index contributed by atoms with van der Waals surface area (Å²) in [6.07, 6.45) is -9.34. The summed E-state index contributed by atoms with van der Waals surface area (Å²) in [7, 11) is 8.16. The fraction of sp³-hybridized carbons (Fsp3) is 0.804. The van der Waals surface area contributed by atoms with Crippen molar-refractivity contribution in [3.05, 3.63) is 35.9 Å². The topological polar surface area (TPSA) is 208 Å². The Morgan fingerprint density at radius 2 is 1.58 bits per heavy atom. The van der Waals surface area contributed by atoms with E-state index in [1.54, 1.807) is 27.7 Å². The van der Waals surface area contributed by atoms with E-state index >= 15 is 0 Å². The maximum Gasteiger partial charge on any atom is 0.309 e. The van der Waals surface area contributed by atoms with E-state index in [2.05, 4.69) is 17.0 Å². The number of hydrogen-bond acceptors (Lipinski definition) is 18. The van der Waals surface area contributed by atoms with Crippen LogP contribution in [0.4, 0.5) is 0 Å². The molecule has 1 aromatic carbocycles. The zero-order valence-corrected chi connectivity index (χ0v) is 43.4. The molecule has 18 heteroatoms. The highest BCUT2D eigenvalue weighted by atomic mass is 16.7. The predicted octanol–water partition coefficient (Wildman–Crippen LogP) is 4.46. The first-order valence-corrected chi connectivity index (χ1v) is 24.8. The molecule has 16 atom stereocenters. The number of cyclic esters (lactones) is 1. The molecule has 3 saturated heterocycles. The van der Waals surface area contributed by atoms with E-state index < -0.39 is 121 Å². The lowest BCUT2D eigenvalue weighted by Gasteiger charge is -2.53. The van der Waals surface area contributed by atoms with E-state index in [9.17, 15) is 29.4 Å². The number of aliphatic hydroxyl groups excluding tert-OH is 2. The number of methoxy groups -OCH3 is 3. The molecule has 18 nitrogen and oxygen atoms in total. The van der Waals surface area contributed by atoms with Gasteiger partial charge in [0.2, 0.25) is 0 Å². The summed E-state index contributed by atoms with van der Waals surface area (Å²) in [4.78, 5) is 56.3. The van der Waals surface area contributed by atoms with Crippen LogP contribution in [0.15, 0.2) is 30.3 Å². The summed E-state index contributed by atoms with van der Waals surface area (Å²) in [5.74, 6) is -3.90. The van der Waals surface area contributed by atoms with Gasteiger partial charge in [-0.15, -0.1) is 0 Å². The minimum absolute atomic E-state index is 0.00354. The first-order valence-electron chi connectivity index (χ1n) is 24.8.